The molecule has 2 spiro atoms. The molecule has 3 saturated heterocycles. The Morgan fingerprint density at radius 3 is 2.29 bits per heavy atom. The first-order valence-corrected chi connectivity index (χ1v) is 19.8. The number of hydrogen-bond acceptors (Lipinski definition) is 9. The number of guanidine groups is 1. The number of unbranched alkanes of at least 4 members (excludes halogenated alkanes) is 12. The molecule has 272 valence electrons. The van der Waals surface area contributed by atoms with E-state index < -0.39 is 17.4 Å². The average molecular weight is 672 g/mol. The number of carbonyl (C=O) groups excluding carboxylic acids is 2. The molecule has 0 radical (unpaired) electrons. The first kappa shape index (κ1) is 37.1. The lowest BCUT2D eigenvalue weighted by atomic mass is 9.80. The zero-order valence-corrected chi connectivity index (χ0v) is 30.4. The predicted molar refractivity (Wildman–Crippen MR) is 188 cm³/mol. The summed E-state index contributed by atoms with van der Waals surface area (Å²) < 4.78 is 24.2. The minimum atomic E-state index is -0.872. The second-order valence-electron chi connectivity index (χ2n) is 15.2. The SMILES string of the molecule is CC[C@H]1C=CCC[C@@]2(C[C@@H]3CC[C@@H]4C(C(=O)OCCCCCCCCCCCCCCCC(=O)OC)[C@]5(CCC[C@@H](C)O5)N=C(N2)N34)O1. The van der Waals surface area contributed by atoms with Gasteiger partial charge in [-0.1, -0.05) is 89.7 Å². The molecule has 1 unspecified atom stereocenters. The number of nitrogens with one attached hydrogen (secondary N) is 1. The highest BCUT2D eigenvalue weighted by Crippen LogP contribution is 2.50. The number of aliphatic imine (C=N–C) groups is 1. The largest absolute Gasteiger partial charge is 0.469 e. The molecule has 5 heterocycles. The Bertz CT molecular complexity index is 1100. The molecule has 0 aromatic carbocycles. The number of allylic oxidation sites excluding steroid dienone is 1. The van der Waals surface area contributed by atoms with E-state index in [1.165, 1.54) is 64.9 Å². The molecule has 5 aliphatic rings. The third-order valence-corrected chi connectivity index (χ3v) is 11.5. The van der Waals surface area contributed by atoms with E-state index in [4.69, 9.17) is 23.9 Å². The van der Waals surface area contributed by atoms with Crippen LogP contribution < -0.4 is 5.32 Å². The minimum absolute atomic E-state index is 0.0441. The van der Waals surface area contributed by atoms with Crippen molar-refractivity contribution in [1.29, 1.82) is 0 Å². The van der Waals surface area contributed by atoms with Crippen molar-refractivity contribution in [3.8, 4) is 0 Å². The normalized spacial score (nSPS) is 32.4. The van der Waals surface area contributed by atoms with Crippen molar-refractivity contribution < 1.29 is 28.5 Å². The van der Waals surface area contributed by atoms with Gasteiger partial charge in [-0.05, 0) is 71.1 Å². The van der Waals surface area contributed by atoms with Gasteiger partial charge in [0.2, 0.25) is 0 Å². The lowest BCUT2D eigenvalue weighted by Gasteiger charge is -2.55. The van der Waals surface area contributed by atoms with Crippen LogP contribution in [0.15, 0.2) is 17.1 Å². The van der Waals surface area contributed by atoms with E-state index in [-0.39, 0.29) is 30.2 Å². The average Bonchev–Trinajstić information content (AvgIpc) is 3.38. The number of ether oxygens (including phenoxy) is 4. The molecule has 0 aliphatic carbocycles. The van der Waals surface area contributed by atoms with Crippen LogP contribution in [0.3, 0.4) is 0 Å². The Morgan fingerprint density at radius 2 is 1.62 bits per heavy atom. The fourth-order valence-electron chi connectivity index (χ4n) is 8.96. The van der Waals surface area contributed by atoms with E-state index in [1.54, 1.807) is 0 Å². The van der Waals surface area contributed by atoms with E-state index in [1.807, 2.05) is 0 Å². The fourth-order valence-corrected chi connectivity index (χ4v) is 8.96. The summed E-state index contributed by atoms with van der Waals surface area (Å²) in [5, 5.41) is 3.80. The molecule has 9 heteroatoms. The van der Waals surface area contributed by atoms with E-state index in [0.29, 0.717) is 19.1 Å². The molecule has 0 amide bonds. The van der Waals surface area contributed by atoms with Crippen LogP contribution in [0.25, 0.3) is 0 Å². The highest BCUT2D eigenvalue weighted by molar-refractivity contribution is 5.87. The molecular weight excluding hydrogens is 606 g/mol. The summed E-state index contributed by atoms with van der Waals surface area (Å²) in [4.78, 5) is 32.9. The third-order valence-electron chi connectivity index (χ3n) is 11.5. The molecule has 0 bridgehead atoms. The molecule has 9 nitrogen and oxygen atoms in total. The number of nitrogens with zero attached hydrogens (tertiary/aromatic N) is 2. The van der Waals surface area contributed by atoms with Gasteiger partial charge in [0, 0.05) is 18.9 Å². The summed E-state index contributed by atoms with van der Waals surface area (Å²) in [5.41, 5.74) is -1.30. The van der Waals surface area contributed by atoms with Crippen molar-refractivity contribution in [2.75, 3.05) is 13.7 Å². The monoisotopic (exact) mass is 671 g/mol. The van der Waals surface area contributed by atoms with Crippen LogP contribution in [0, 0.1) is 5.92 Å². The van der Waals surface area contributed by atoms with Gasteiger partial charge in [-0.25, -0.2) is 4.99 Å². The third kappa shape index (κ3) is 9.55. The smallest absolute Gasteiger partial charge is 0.316 e. The van der Waals surface area contributed by atoms with Gasteiger partial charge in [-0.2, -0.15) is 0 Å². The second-order valence-corrected chi connectivity index (χ2v) is 15.2. The Kier molecular flexibility index (Phi) is 14.1. The maximum atomic E-state index is 14.0. The van der Waals surface area contributed by atoms with Gasteiger partial charge in [-0.3, -0.25) is 9.59 Å². The van der Waals surface area contributed by atoms with E-state index >= 15 is 0 Å². The minimum Gasteiger partial charge on any atom is -0.469 e. The van der Waals surface area contributed by atoms with Gasteiger partial charge in [0.15, 0.2) is 11.7 Å². The number of hydrogen-bond donors (Lipinski definition) is 1. The zero-order valence-electron chi connectivity index (χ0n) is 30.4. The molecule has 48 heavy (non-hydrogen) atoms. The maximum Gasteiger partial charge on any atom is 0.316 e. The van der Waals surface area contributed by atoms with Crippen LogP contribution in [0.1, 0.15) is 162 Å². The van der Waals surface area contributed by atoms with Gasteiger partial charge in [-0.15, -0.1) is 0 Å². The van der Waals surface area contributed by atoms with Crippen LogP contribution in [0.2, 0.25) is 0 Å². The van der Waals surface area contributed by atoms with Crippen molar-refractivity contribution in [3.63, 3.8) is 0 Å². The summed E-state index contributed by atoms with van der Waals surface area (Å²) in [5.74, 6) is 0.258. The highest BCUT2D eigenvalue weighted by Gasteiger charge is 2.62. The van der Waals surface area contributed by atoms with Crippen LogP contribution in [0.4, 0.5) is 0 Å². The zero-order chi connectivity index (χ0) is 33.8. The van der Waals surface area contributed by atoms with Crippen molar-refractivity contribution >= 4 is 17.9 Å². The Balaban J connectivity index is 1.04. The van der Waals surface area contributed by atoms with Crippen LogP contribution >= 0.6 is 0 Å². The lowest BCUT2D eigenvalue weighted by molar-refractivity contribution is -0.194. The van der Waals surface area contributed by atoms with Crippen molar-refractivity contribution in [2.24, 2.45) is 10.9 Å². The van der Waals surface area contributed by atoms with Gasteiger partial charge in [0.05, 0.1) is 32.0 Å². The molecule has 5 aliphatic heterocycles. The van der Waals surface area contributed by atoms with Crippen LogP contribution in [0.5, 0.6) is 0 Å². The predicted octanol–water partition coefficient (Wildman–Crippen LogP) is 8.10. The number of esters is 2. The molecule has 0 aromatic heterocycles. The molecule has 0 aromatic rings. The van der Waals surface area contributed by atoms with Gasteiger partial charge < -0.3 is 29.2 Å². The molecular formula is C39H65N3O6. The molecule has 3 fully saturated rings. The number of methoxy groups -OCH3 is 1. The number of carbonyl (C=O) groups is 2. The number of rotatable bonds is 18. The molecule has 5 rings (SSSR count). The quantitative estimate of drug-likeness (QED) is 0.0887. The first-order chi connectivity index (χ1) is 23.4. The molecule has 0 saturated carbocycles. The maximum absolute atomic E-state index is 14.0. The summed E-state index contributed by atoms with van der Waals surface area (Å²) in [7, 11) is 1.46. The van der Waals surface area contributed by atoms with E-state index in [0.717, 1.165) is 89.4 Å². The molecule has 7 atom stereocenters. The first-order valence-electron chi connectivity index (χ1n) is 19.8. The second kappa shape index (κ2) is 18.2. The van der Waals surface area contributed by atoms with Gasteiger partial charge >= 0.3 is 11.9 Å². The lowest BCUT2D eigenvalue weighted by Crippen LogP contribution is -2.71. The van der Waals surface area contributed by atoms with Crippen molar-refractivity contribution in [2.45, 2.75) is 197 Å². The summed E-state index contributed by atoms with van der Waals surface area (Å²) >= 11 is 0. The topological polar surface area (TPSA) is 98.7 Å². The summed E-state index contributed by atoms with van der Waals surface area (Å²) in [6.45, 7) is 4.78. The molecule has 1 N–H and O–H groups in total. The van der Waals surface area contributed by atoms with Crippen molar-refractivity contribution in [3.05, 3.63) is 12.2 Å². The van der Waals surface area contributed by atoms with Crippen LogP contribution in [-0.4, -0.2) is 72.3 Å². The van der Waals surface area contributed by atoms with Gasteiger partial charge in [0.1, 0.15) is 11.6 Å². The highest BCUT2D eigenvalue weighted by atomic mass is 16.6. The van der Waals surface area contributed by atoms with Crippen molar-refractivity contribution in [1.82, 2.24) is 10.2 Å². The van der Waals surface area contributed by atoms with Crippen LogP contribution in [-0.2, 0) is 28.5 Å². The van der Waals surface area contributed by atoms with E-state index in [9.17, 15) is 9.59 Å². The Hall–Kier alpha value is -2.13. The summed E-state index contributed by atoms with van der Waals surface area (Å²) in [6.07, 6.45) is 29.2. The summed E-state index contributed by atoms with van der Waals surface area (Å²) in [6, 6.07) is 0.353. The van der Waals surface area contributed by atoms with E-state index in [2.05, 4.69) is 36.2 Å². The fraction of sp³-hybridized carbons (Fsp3) is 0.872. The Labute approximate surface area is 290 Å². The standard InChI is InChI=1S/C39H65N3O6/c1-4-32-22-17-18-26-38(48-32)29-31-24-25-33-35(39(27-20-21-30(2)47-39)41-37(40-38)42(31)33)36(44)46-28-19-15-13-11-9-7-5-6-8-10-12-14-16-23-34(43)45-3/h17,22,30-33,35H,4-16,18-21,23-29H2,1-3H3,(H,40,41)/t30-,31+,32+,33-,35?,38+,39-/m1/s1. The Morgan fingerprint density at radius 1 is 0.938 bits per heavy atom. The van der Waals surface area contributed by atoms with Gasteiger partial charge in [0.25, 0.3) is 0 Å².